The van der Waals surface area contributed by atoms with E-state index in [-0.39, 0.29) is 23.3 Å². The number of carbonyl (C=O) groups is 3. The third kappa shape index (κ3) is 6.88. The van der Waals surface area contributed by atoms with Crippen LogP contribution in [0.5, 0.6) is 5.75 Å². The Balaban J connectivity index is 1.35. The predicted octanol–water partition coefficient (Wildman–Crippen LogP) is 5.14. The lowest BCUT2D eigenvalue weighted by Crippen LogP contribution is -2.64. The summed E-state index contributed by atoms with van der Waals surface area (Å²) in [5.74, 6) is -1.49. The zero-order valence-electron chi connectivity index (χ0n) is 24.2. The third-order valence-corrected chi connectivity index (χ3v) is 7.41. The zero-order valence-corrected chi connectivity index (χ0v) is 24.2. The highest BCUT2D eigenvalue weighted by Gasteiger charge is 2.55. The molecule has 0 amide bonds. The number of hydrogen-bond acceptors (Lipinski definition) is 10. The molecule has 4 aromatic carbocycles. The molecule has 0 aromatic heterocycles. The Labute approximate surface area is 259 Å². The van der Waals surface area contributed by atoms with E-state index >= 15 is 0 Å². The van der Waals surface area contributed by atoms with E-state index in [1.807, 2.05) is 0 Å². The molecule has 6 atom stereocenters. The maximum Gasteiger partial charge on any atom is 0.340 e. The number of rotatable bonds is 8. The van der Waals surface area contributed by atoms with E-state index in [0.717, 1.165) is 0 Å². The average molecular weight is 611 g/mol. The van der Waals surface area contributed by atoms with Crippen molar-refractivity contribution in [1.82, 2.24) is 0 Å². The molecule has 10 nitrogen and oxygen atoms in total. The van der Waals surface area contributed by atoms with Crippen molar-refractivity contribution in [2.75, 3.05) is 13.7 Å². The second-order valence-electron chi connectivity index (χ2n) is 10.3. The molecular formula is C35H30O10. The molecule has 230 valence electrons. The van der Waals surface area contributed by atoms with Gasteiger partial charge in [0.2, 0.25) is 12.4 Å². The summed E-state index contributed by atoms with van der Waals surface area (Å²) in [4.78, 5) is 40.0. The summed E-state index contributed by atoms with van der Waals surface area (Å²) in [6.45, 7) is -0.000507. The first-order valence-corrected chi connectivity index (χ1v) is 14.3. The van der Waals surface area contributed by atoms with Crippen LogP contribution in [-0.4, -0.2) is 62.3 Å². The maximum absolute atomic E-state index is 13.4. The van der Waals surface area contributed by atoms with E-state index in [2.05, 4.69) is 0 Å². The number of methoxy groups -OCH3 is 1. The number of carbonyl (C=O) groups excluding carboxylic acids is 3. The van der Waals surface area contributed by atoms with Crippen molar-refractivity contribution in [1.29, 1.82) is 0 Å². The number of benzene rings is 4. The fraction of sp³-hybridized carbons (Fsp3) is 0.229. The lowest BCUT2D eigenvalue weighted by Gasteiger charge is -2.47. The van der Waals surface area contributed by atoms with Crippen molar-refractivity contribution < 1.29 is 47.5 Å². The first kappa shape index (κ1) is 30.0. The summed E-state index contributed by atoms with van der Waals surface area (Å²) in [6, 6.07) is 32.1. The molecule has 0 radical (unpaired) electrons. The molecule has 45 heavy (non-hydrogen) atoms. The monoisotopic (exact) mass is 610 g/mol. The minimum Gasteiger partial charge on any atom is -0.497 e. The Morgan fingerprint density at radius 1 is 0.600 bits per heavy atom. The molecule has 2 aliphatic rings. The van der Waals surface area contributed by atoms with Crippen molar-refractivity contribution in [2.45, 2.75) is 37.0 Å². The van der Waals surface area contributed by atoms with Crippen LogP contribution < -0.4 is 4.74 Å². The largest absolute Gasteiger partial charge is 0.497 e. The van der Waals surface area contributed by atoms with Gasteiger partial charge in [0, 0.05) is 5.56 Å². The van der Waals surface area contributed by atoms with Crippen LogP contribution in [0.1, 0.15) is 42.9 Å². The zero-order chi connectivity index (χ0) is 31.2. The topological polar surface area (TPSA) is 116 Å². The van der Waals surface area contributed by atoms with Gasteiger partial charge >= 0.3 is 17.9 Å². The van der Waals surface area contributed by atoms with Gasteiger partial charge in [-0.1, -0.05) is 66.7 Å². The summed E-state index contributed by atoms with van der Waals surface area (Å²) in [5, 5.41) is 0. The van der Waals surface area contributed by atoms with E-state index < -0.39 is 54.9 Å². The van der Waals surface area contributed by atoms with Crippen LogP contribution in [0.4, 0.5) is 0 Å². The molecule has 10 heteroatoms. The molecule has 0 N–H and O–H groups in total. The Morgan fingerprint density at radius 3 is 1.60 bits per heavy atom. The lowest BCUT2D eigenvalue weighted by atomic mass is 9.96. The summed E-state index contributed by atoms with van der Waals surface area (Å²) in [5.41, 5.74) is 1.44. The molecule has 2 saturated heterocycles. The van der Waals surface area contributed by atoms with E-state index in [1.54, 1.807) is 122 Å². The summed E-state index contributed by atoms with van der Waals surface area (Å²) >= 11 is 0. The number of hydrogen-bond donors (Lipinski definition) is 0. The van der Waals surface area contributed by atoms with Crippen molar-refractivity contribution >= 4 is 17.9 Å². The quantitative estimate of drug-likeness (QED) is 0.196. The molecule has 2 aliphatic heterocycles. The molecule has 4 aromatic rings. The van der Waals surface area contributed by atoms with E-state index in [4.69, 9.17) is 33.2 Å². The summed E-state index contributed by atoms with van der Waals surface area (Å²) in [7, 11) is 1.57. The lowest BCUT2D eigenvalue weighted by molar-refractivity contribution is -0.351. The van der Waals surface area contributed by atoms with Gasteiger partial charge < -0.3 is 33.2 Å². The molecule has 0 spiro atoms. The highest BCUT2D eigenvalue weighted by atomic mass is 16.8. The molecule has 0 saturated carbocycles. The standard InChI is InChI=1S/C35H30O10/c1-39-26-19-17-25(18-20-26)34-40-21-27-28(44-34)29(42-31(36)22-11-5-2-6-12-22)30(43-32(37)23-13-7-3-8-14-23)35(41-27)45-33(38)24-15-9-4-10-16-24/h2-20,27-30,34-35H,21H2,1H3/t27?,28-,29-,30?,34?,35-/m1/s1. The minimum atomic E-state index is -1.47. The molecule has 0 aliphatic carbocycles. The SMILES string of the molecule is COc1ccc(C2OCC3O[C@H](OC(=O)c4ccccc4)C(OC(=O)c4ccccc4)[C@H](OC(=O)c4ccccc4)[C@@H]3O2)cc1. The number of esters is 3. The van der Waals surface area contributed by atoms with Crippen LogP contribution >= 0.6 is 0 Å². The molecule has 0 bridgehead atoms. The molecule has 3 unspecified atom stereocenters. The Morgan fingerprint density at radius 2 is 1.09 bits per heavy atom. The van der Waals surface area contributed by atoms with Crippen LogP contribution in [0.3, 0.4) is 0 Å². The van der Waals surface area contributed by atoms with Gasteiger partial charge in [-0.05, 0) is 48.5 Å². The first-order valence-electron chi connectivity index (χ1n) is 14.3. The number of fused-ring (bicyclic) bond motifs is 1. The smallest absolute Gasteiger partial charge is 0.340 e. The molecule has 2 heterocycles. The van der Waals surface area contributed by atoms with Gasteiger partial charge in [-0.15, -0.1) is 0 Å². The van der Waals surface area contributed by atoms with Crippen LogP contribution in [0.15, 0.2) is 115 Å². The van der Waals surface area contributed by atoms with Gasteiger partial charge in [0.15, 0.2) is 12.4 Å². The van der Waals surface area contributed by atoms with Crippen molar-refractivity contribution in [2.24, 2.45) is 0 Å². The van der Waals surface area contributed by atoms with Gasteiger partial charge in [-0.25, -0.2) is 14.4 Å². The normalized spacial score (nSPS) is 24.0. The van der Waals surface area contributed by atoms with Crippen molar-refractivity contribution in [3.8, 4) is 5.75 Å². The Kier molecular flexibility index (Phi) is 9.16. The Bertz CT molecular complexity index is 1590. The predicted molar refractivity (Wildman–Crippen MR) is 158 cm³/mol. The molecule has 6 rings (SSSR count). The average Bonchev–Trinajstić information content (AvgIpc) is 3.10. The van der Waals surface area contributed by atoms with Crippen molar-refractivity contribution in [3.63, 3.8) is 0 Å². The van der Waals surface area contributed by atoms with Crippen LogP contribution in [0.2, 0.25) is 0 Å². The van der Waals surface area contributed by atoms with Gasteiger partial charge in [-0.2, -0.15) is 0 Å². The van der Waals surface area contributed by atoms with Gasteiger partial charge in [0.05, 0.1) is 30.4 Å². The molecule has 2 fully saturated rings. The van der Waals surface area contributed by atoms with Crippen molar-refractivity contribution in [3.05, 3.63) is 138 Å². The second-order valence-corrected chi connectivity index (χ2v) is 10.3. The Hall–Kier alpha value is -5.03. The maximum atomic E-state index is 13.4. The van der Waals surface area contributed by atoms with E-state index in [1.165, 1.54) is 0 Å². The van der Waals surface area contributed by atoms with Gasteiger partial charge in [0.1, 0.15) is 18.0 Å². The fourth-order valence-corrected chi connectivity index (χ4v) is 5.11. The second kappa shape index (κ2) is 13.7. The third-order valence-electron chi connectivity index (χ3n) is 7.41. The summed E-state index contributed by atoms with van der Waals surface area (Å²) < 4.78 is 41.6. The van der Waals surface area contributed by atoms with Gasteiger partial charge in [-0.3, -0.25) is 0 Å². The van der Waals surface area contributed by atoms with Crippen LogP contribution in [-0.2, 0) is 28.4 Å². The van der Waals surface area contributed by atoms with Crippen LogP contribution in [0.25, 0.3) is 0 Å². The summed E-state index contributed by atoms with van der Waals surface area (Å²) in [6.07, 6.45) is -6.83. The van der Waals surface area contributed by atoms with E-state index in [0.29, 0.717) is 11.3 Å². The highest BCUT2D eigenvalue weighted by Crippen LogP contribution is 2.38. The molecular weight excluding hydrogens is 580 g/mol. The first-order chi connectivity index (χ1) is 22.0. The van der Waals surface area contributed by atoms with Gasteiger partial charge in [0.25, 0.3) is 0 Å². The fourth-order valence-electron chi connectivity index (χ4n) is 5.11. The highest BCUT2D eigenvalue weighted by molar-refractivity contribution is 5.91. The minimum absolute atomic E-state index is 0.000507. The number of ether oxygens (including phenoxy) is 7. The van der Waals surface area contributed by atoms with Crippen LogP contribution in [0, 0.1) is 0 Å². The van der Waals surface area contributed by atoms with E-state index in [9.17, 15) is 14.4 Å².